The number of nitrogens with zero attached hydrogens (tertiary/aromatic N) is 1. The van der Waals surface area contributed by atoms with E-state index in [2.05, 4.69) is 12.0 Å². The van der Waals surface area contributed by atoms with Gasteiger partial charge in [0, 0.05) is 26.0 Å². The van der Waals surface area contributed by atoms with Crippen molar-refractivity contribution in [2.75, 3.05) is 7.05 Å². The van der Waals surface area contributed by atoms with Gasteiger partial charge in [0.1, 0.15) is 17.6 Å². The lowest BCUT2D eigenvalue weighted by molar-refractivity contribution is -0.123. The fourth-order valence-corrected chi connectivity index (χ4v) is 3.12. The van der Waals surface area contributed by atoms with Gasteiger partial charge in [-0.05, 0) is 37.9 Å². The first kappa shape index (κ1) is 19.9. The van der Waals surface area contributed by atoms with Gasteiger partial charge in [0.15, 0.2) is 5.78 Å². The van der Waals surface area contributed by atoms with Gasteiger partial charge < -0.3 is 9.47 Å². The summed E-state index contributed by atoms with van der Waals surface area (Å²) in [4.78, 5) is 24.4. The Morgan fingerprint density at radius 2 is 1.88 bits per heavy atom. The molecule has 0 unspecified atom stereocenters. The first-order valence-electron chi connectivity index (χ1n) is 7.55. The molecule has 1 aromatic rings. The molecular weight excluding hydrogens is 326 g/mol. The van der Waals surface area contributed by atoms with E-state index >= 15 is 0 Å². The minimum Gasteiger partial charge on any atom is -0.409 e. The van der Waals surface area contributed by atoms with E-state index in [-0.39, 0.29) is 11.7 Å². The van der Waals surface area contributed by atoms with Crippen molar-refractivity contribution >= 4 is 23.8 Å². The number of hydrogen-bond acceptors (Lipinski definition) is 5. The highest BCUT2D eigenvalue weighted by atomic mass is 32.2. The molecule has 0 aliphatic heterocycles. The van der Waals surface area contributed by atoms with Crippen LogP contribution in [0.3, 0.4) is 0 Å². The number of ketones is 1. The molecule has 0 saturated heterocycles. The lowest BCUT2D eigenvalue weighted by Gasteiger charge is -2.28. The SMILES string of the molecule is CC#COc1cccc(OC(=O)N(C)SC(C)(C)C(=O)C(C)C)c1. The summed E-state index contributed by atoms with van der Waals surface area (Å²) in [5.74, 6) is 3.41. The van der Waals surface area contributed by atoms with E-state index in [1.165, 1.54) is 4.31 Å². The molecule has 24 heavy (non-hydrogen) atoms. The van der Waals surface area contributed by atoms with Gasteiger partial charge in [0.2, 0.25) is 0 Å². The van der Waals surface area contributed by atoms with Crippen LogP contribution in [0.25, 0.3) is 0 Å². The Morgan fingerprint density at radius 1 is 1.25 bits per heavy atom. The van der Waals surface area contributed by atoms with Crippen molar-refractivity contribution in [3.8, 4) is 23.5 Å². The Morgan fingerprint density at radius 3 is 2.46 bits per heavy atom. The third-order valence-electron chi connectivity index (χ3n) is 3.02. The van der Waals surface area contributed by atoms with E-state index in [9.17, 15) is 9.59 Å². The molecular formula is C18H23NO4S. The van der Waals surface area contributed by atoms with Crippen molar-refractivity contribution in [3.05, 3.63) is 24.3 Å². The third kappa shape index (κ3) is 5.82. The summed E-state index contributed by atoms with van der Waals surface area (Å²) >= 11 is 1.14. The maximum absolute atomic E-state index is 12.2. The summed E-state index contributed by atoms with van der Waals surface area (Å²) in [7, 11) is 1.57. The molecule has 0 fully saturated rings. The molecule has 0 bridgehead atoms. The van der Waals surface area contributed by atoms with Crippen LogP contribution in [0.15, 0.2) is 24.3 Å². The monoisotopic (exact) mass is 349 g/mol. The largest absolute Gasteiger partial charge is 0.425 e. The Labute approximate surface area is 147 Å². The van der Waals surface area contributed by atoms with Crippen molar-refractivity contribution < 1.29 is 19.1 Å². The number of amides is 1. The van der Waals surface area contributed by atoms with Crippen LogP contribution in [-0.2, 0) is 4.79 Å². The predicted molar refractivity (Wildman–Crippen MR) is 95.8 cm³/mol. The van der Waals surface area contributed by atoms with E-state index in [0.717, 1.165) is 11.9 Å². The van der Waals surface area contributed by atoms with Gasteiger partial charge in [-0.2, -0.15) is 0 Å². The average Bonchev–Trinajstić information content (AvgIpc) is 2.51. The van der Waals surface area contributed by atoms with Crippen molar-refractivity contribution in [2.45, 2.75) is 39.4 Å². The smallest absolute Gasteiger partial charge is 0.409 e. The third-order valence-corrected chi connectivity index (χ3v) is 4.10. The maximum atomic E-state index is 12.2. The highest BCUT2D eigenvalue weighted by molar-refractivity contribution is 7.99. The normalized spacial score (nSPS) is 10.6. The Bertz CT molecular complexity index is 658. The average molecular weight is 349 g/mol. The van der Waals surface area contributed by atoms with Crippen LogP contribution in [0.2, 0.25) is 0 Å². The zero-order chi connectivity index (χ0) is 18.3. The van der Waals surface area contributed by atoms with E-state index in [4.69, 9.17) is 9.47 Å². The van der Waals surface area contributed by atoms with Crippen LogP contribution in [0.5, 0.6) is 11.5 Å². The van der Waals surface area contributed by atoms with Gasteiger partial charge in [0.05, 0.1) is 4.75 Å². The fraction of sp³-hybridized carbons (Fsp3) is 0.444. The second-order valence-electron chi connectivity index (χ2n) is 5.91. The summed E-state index contributed by atoms with van der Waals surface area (Å²) < 4.78 is 11.1. The molecule has 5 nitrogen and oxygen atoms in total. The quantitative estimate of drug-likeness (QED) is 0.571. The number of carbonyl (C=O) groups is 2. The highest BCUT2D eigenvalue weighted by Crippen LogP contribution is 2.31. The van der Waals surface area contributed by atoms with E-state index in [1.54, 1.807) is 52.1 Å². The summed E-state index contributed by atoms with van der Waals surface area (Å²) in [5, 5.41) is 0. The van der Waals surface area contributed by atoms with Crippen LogP contribution >= 0.6 is 11.9 Å². The van der Waals surface area contributed by atoms with Crippen LogP contribution in [0.1, 0.15) is 34.6 Å². The molecule has 0 aliphatic carbocycles. The molecule has 1 aromatic carbocycles. The molecule has 6 heteroatoms. The summed E-state index contributed by atoms with van der Waals surface area (Å²) in [5.41, 5.74) is 0. The summed E-state index contributed by atoms with van der Waals surface area (Å²) in [6.45, 7) is 8.93. The first-order valence-corrected chi connectivity index (χ1v) is 8.32. The topological polar surface area (TPSA) is 55.8 Å². The van der Waals surface area contributed by atoms with Crippen LogP contribution in [-0.4, -0.2) is 28.0 Å². The molecule has 0 N–H and O–H groups in total. The summed E-state index contributed by atoms with van der Waals surface area (Å²) in [6, 6.07) is 6.64. The van der Waals surface area contributed by atoms with E-state index in [0.29, 0.717) is 11.5 Å². The zero-order valence-corrected chi connectivity index (χ0v) is 15.7. The number of ether oxygens (including phenoxy) is 2. The standard InChI is InChI=1S/C18H23NO4S/c1-7-11-22-14-9-8-10-15(12-14)23-17(21)19(6)24-18(4,5)16(20)13(2)3/h8-10,12-13H,1-6H3. The number of Topliss-reactive ketones (excluding diaryl/α,β-unsaturated/α-hetero) is 1. The molecule has 1 rings (SSSR count). The van der Waals surface area contributed by atoms with E-state index in [1.807, 2.05) is 13.8 Å². The number of hydrogen-bond donors (Lipinski definition) is 0. The van der Waals surface area contributed by atoms with Gasteiger partial charge in [-0.15, -0.1) is 0 Å². The zero-order valence-electron chi connectivity index (χ0n) is 14.9. The minimum atomic E-state index is -0.719. The van der Waals surface area contributed by atoms with Gasteiger partial charge in [0.25, 0.3) is 0 Å². The van der Waals surface area contributed by atoms with Gasteiger partial charge in [-0.3, -0.25) is 9.10 Å². The molecule has 0 radical (unpaired) electrons. The van der Waals surface area contributed by atoms with Crippen molar-refractivity contribution in [2.24, 2.45) is 5.92 Å². The van der Waals surface area contributed by atoms with Crippen molar-refractivity contribution in [1.82, 2.24) is 4.31 Å². The second kappa shape index (κ2) is 8.65. The Kier molecular flexibility index (Phi) is 7.18. The van der Waals surface area contributed by atoms with Crippen LogP contribution < -0.4 is 9.47 Å². The predicted octanol–water partition coefficient (Wildman–Crippen LogP) is 4.13. The second-order valence-corrected chi connectivity index (χ2v) is 7.67. The van der Waals surface area contributed by atoms with Crippen LogP contribution in [0.4, 0.5) is 4.79 Å². The Hall–Kier alpha value is -2.13. The summed E-state index contributed by atoms with van der Waals surface area (Å²) in [6.07, 6.45) is 1.91. The Balaban J connectivity index is 2.73. The lowest BCUT2D eigenvalue weighted by atomic mass is 9.98. The molecule has 0 heterocycles. The molecule has 1 amide bonds. The molecule has 130 valence electrons. The van der Waals surface area contributed by atoms with Crippen LogP contribution in [0, 0.1) is 17.9 Å². The molecule has 0 atom stereocenters. The van der Waals surface area contributed by atoms with Gasteiger partial charge in [-0.25, -0.2) is 4.79 Å². The van der Waals surface area contributed by atoms with Gasteiger partial charge in [-0.1, -0.05) is 25.8 Å². The molecule has 0 aliphatic rings. The maximum Gasteiger partial charge on any atom is 0.425 e. The van der Waals surface area contributed by atoms with Gasteiger partial charge >= 0.3 is 6.09 Å². The number of benzene rings is 1. The minimum absolute atomic E-state index is 0.0701. The van der Waals surface area contributed by atoms with Crippen molar-refractivity contribution in [3.63, 3.8) is 0 Å². The number of carbonyl (C=O) groups excluding carboxylic acids is 2. The van der Waals surface area contributed by atoms with Crippen molar-refractivity contribution in [1.29, 1.82) is 0 Å². The molecule has 0 saturated carbocycles. The number of rotatable bonds is 6. The molecule has 0 spiro atoms. The first-order chi connectivity index (χ1) is 11.2. The highest BCUT2D eigenvalue weighted by Gasteiger charge is 2.33. The fourth-order valence-electron chi connectivity index (χ4n) is 2.00. The molecule has 0 aromatic heterocycles. The lowest BCUT2D eigenvalue weighted by Crippen LogP contribution is -2.37. The van der Waals surface area contributed by atoms with E-state index < -0.39 is 10.8 Å².